The highest BCUT2D eigenvalue weighted by molar-refractivity contribution is 5.97. The predicted octanol–water partition coefficient (Wildman–Crippen LogP) is 1.31. The predicted molar refractivity (Wildman–Crippen MR) is 75.4 cm³/mol. The Labute approximate surface area is 123 Å². The summed E-state index contributed by atoms with van der Waals surface area (Å²) in [6.45, 7) is 0.922. The Balaban J connectivity index is 1.97. The number of carbonyl (C=O) groups is 2. The molecule has 2 rings (SSSR count). The standard InChI is InChI=1S/C15H19NO5/c1-20-8-9-21-12-5-3-2-4-11(12)13(17)16-10-15(6-7-15)14(18)19/h2-5H,6-10H2,1H3,(H,16,17)(H,18,19). The van der Waals surface area contributed by atoms with Crippen molar-refractivity contribution in [3.8, 4) is 5.75 Å². The number of ether oxygens (including phenoxy) is 2. The zero-order chi connectivity index (χ0) is 15.3. The van der Waals surface area contributed by atoms with Gasteiger partial charge in [0.25, 0.3) is 5.91 Å². The van der Waals surface area contributed by atoms with E-state index in [1.54, 1.807) is 31.4 Å². The highest BCUT2D eigenvalue weighted by Crippen LogP contribution is 2.45. The van der Waals surface area contributed by atoms with E-state index in [2.05, 4.69) is 5.32 Å². The van der Waals surface area contributed by atoms with E-state index in [1.807, 2.05) is 0 Å². The van der Waals surface area contributed by atoms with Gasteiger partial charge < -0.3 is 19.9 Å². The summed E-state index contributed by atoms with van der Waals surface area (Å²) < 4.78 is 10.4. The van der Waals surface area contributed by atoms with E-state index in [0.29, 0.717) is 37.4 Å². The number of hydrogen-bond donors (Lipinski definition) is 2. The summed E-state index contributed by atoms with van der Waals surface area (Å²) in [7, 11) is 1.57. The van der Waals surface area contributed by atoms with Crippen molar-refractivity contribution in [2.24, 2.45) is 5.41 Å². The second kappa shape index (κ2) is 6.58. The molecule has 1 aliphatic rings. The highest BCUT2D eigenvalue weighted by Gasteiger charge is 2.50. The number of benzene rings is 1. The lowest BCUT2D eigenvalue weighted by Crippen LogP contribution is -2.34. The minimum Gasteiger partial charge on any atom is -0.490 e. The number of carboxylic acid groups (broad SMARTS) is 1. The molecule has 0 bridgehead atoms. The number of nitrogens with one attached hydrogen (secondary N) is 1. The summed E-state index contributed by atoms with van der Waals surface area (Å²) >= 11 is 0. The van der Waals surface area contributed by atoms with Gasteiger partial charge in [-0.2, -0.15) is 0 Å². The van der Waals surface area contributed by atoms with Crippen molar-refractivity contribution in [2.75, 3.05) is 26.9 Å². The molecule has 1 aromatic carbocycles. The molecule has 0 aliphatic heterocycles. The third-order valence-electron chi connectivity index (χ3n) is 3.57. The Kier molecular flexibility index (Phi) is 4.80. The largest absolute Gasteiger partial charge is 0.490 e. The van der Waals surface area contributed by atoms with Crippen molar-refractivity contribution in [1.82, 2.24) is 5.32 Å². The zero-order valence-electron chi connectivity index (χ0n) is 11.9. The summed E-state index contributed by atoms with van der Waals surface area (Å²) in [5, 5.41) is 11.8. The van der Waals surface area contributed by atoms with Crippen LogP contribution in [0.4, 0.5) is 0 Å². The maximum Gasteiger partial charge on any atom is 0.311 e. The number of aliphatic carboxylic acids is 1. The lowest BCUT2D eigenvalue weighted by molar-refractivity contribution is -0.143. The first kappa shape index (κ1) is 15.3. The van der Waals surface area contributed by atoms with Gasteiger partial charge in [-0.15, -0.1) is 0 Å². The van der Waals surface area contributed by atoms with E-state index in [4.69, 9.17) is 14.6 Å². The maximum absolute atomic E-state index is 12.2. The van der Waals surface area contributed by atoms with E-state index in [1.165, 1.54) is 0 Å². The van der Waals surface area contributed by atoms with Crippen LogP contribution >= 0.6 is 0 Å². The molecule has 1 aromatic rings. The highest BCUT2D eigenvalue weighted by atomic mass is 16.5. The van der Waals surface area contributed by atoms with Crippen LogP contribution in [-0.4, -0.2) is 43.9 Å². The quantitative estimate of drug-likeness (QED) is 0.706. The van der Waals surface area contributed by atoms with E-state index >= 15 is 0 Å². The normalized spacial score (nSPS) is 15.3. The van der Waals surface area contributed by atoms with E-state index in [9.17, 15) is 9.59 Å². The second-order valence-corrected chi connectivity index (χ2v) is 5.11. The summed E-state index contributed by atoms with van der Waals surface area (Å²) in [4.78, 5) is 23.3. The third kappa shape index (κ3) is 3.72. The first-order valence-corrected chi connectivity index (χ1v) is 6.81. The zero-order valence-corrected chi connectivity index (χ0v) is 11.9. The average molecular weight is 293 g/mol. The van der Waals surface area contributed by atoms with Gasteiger partial charge in [0, 0.05) is 13.7 Å². The van der Waals surface area contributed by atoms with Crippen LogP contribution in [0.3, 0.4) is 0 Å². The van der Waals surface area contributed by atoms with Gasteiger partial charge in [-0.3, -0.25) is 9.59 Å². The lowest BCUT2D eigenvalue weighted by Gasteiger charge is -2.14. The SMILES string of the molecule is COCCOc1ccccc1C(=O)NCC1(C(=O)O)CC1. The van der Waals surface area contributed by atoms with Crippen molar-refractivity contribution < 1.29 is 24.2 Å². The molecule has 0 saturated heterocycles. The van der Waals surface area contributed by atoms with Gasteiger partial charge in [0.15, 0.2) is 0 Å². The molecule has 1 aliphatic carbocycles. The molecule has 0 spiro atoms. The number of para-hydroxylation sites is 1. The van der Waals surface area contributed by atoms with Gasteiger partial charge >= 0.3 is 5.97 Å². The molecular formula is C15H19NO5. The van der Waals surface area contributed by atoms with Gasteiger partial charge in [0.05, 0.1) is 17.6 Å². The number of carboxylic acids is 1. The van der Waals surface area contributed by atoms with Crippen LogP contribution < -0.4 is 10.1 Å². The average Bonchev–Trinajstić information content (AvgIpc) is 3.27. The molecule has 0 radical (unpaired) electrons. The summed E-state index contributed by atoms with van der Waals surface area (Å²) in [6.07, 6.45) is 1.21. The first-order valence-electron chi connectivity index (χ1n) is 6.81. The van der Waals surface area contributed by atoms with Crippen molar-refractivity contribution >= 4 is 11.9 Å². The number of hydrogen-bond acceptors (Lipinski definition) is 4. The molecule has 0 unspecified atom stereocenters. The van der Waals surface area contributed by atoms with Gasteiger partial charge in [-0.05, 0) is 25.0 Å². The van der Waals surface area contributed by atoms with E-state index in [0.717, 1.165) is 0 Å². The Bertz CT molecular complexity index is 525. The second-order valence-electron chi connectivity index (χ2n) is 5.11. The molecule has 1 amide bonds. The van der Waals surface area contributed by atoms with Crippen molar-refractivity contribution in [1.29, 1.82) is 0 Å². The van der Waals surface area contributed by atoms with Gasteiger partial charge in [0.1, 0.15) is 12.4 Å². The van der Waals surface area contributed by atoms with Crippen molar-refractivity contribution in [3.63, 3.8) is 0 Å². The molecule has 6 nitrogen and oxygen atoms in total. The first-order chi connectivity index (χ1) is 10.1. The molecule has 1 fully saturated rings. The molecule has 2 N–H and O–H groups in total. The molecule has 114 valence electrons. The summed E-state index contributed by atoms with van der Waals surface area (Å²) in [5.74, 6) is -0.713. The number of carbonyl (C=O) groups excluding carboxylic acids is 1. The van der Waals surface area contributed by atoms with Crippen LogP contribution in [0.5, 0.6) is 5.75 Å². The Hall–Kier alpha value is -2.08. The molecular weight excluding hydrogens is 274 g/mol. The fourth-order valence-electron chi connectivity index (χ4n) is 1.98. The van der Waals surface area contributed by atoms with Crippen LogP contribution in [0.2, 0.25) is 0 Å². The lowest BCUT2D eigenvalue weighted by atomic mass is 10.1. The molecule has 0 heterocycles. The Morgan fingerprint density at radius 3 is 2.62 bits per heavy atom. The molecule has 0 atom stereocenters. The van der Waals surface area contributed by atoms with Crippen LogP contribution in [0.1, 0.15) is 23.2 Å². The molecule has 6 heteroatoms. The molecule has 1 saturated carbocycles. The summed E-state index contributed by atoms with van der Waals surface area (Å²) in [6, 6.07) is 6.87. The van der Waals surface area contributed by atoms with Crippen molar-refractivity contribution in [3.05, 3.63) is 29.8 Å². The minimum atomic E-state index is -0.854. The Morgan fingerprint density at radius 1 is 1.29 bits per heavy atom. The topological polar surface area (TPSA) is 84.9 Å². The van der Waals surface area contributed by atoms with E-state index < -0.39 is 11.4 Å². The van der Waals surface area contributed by atoms with Crippen molar-refractivity contribution in [2.45, 2.75) is 12.8 Å². The van der Waals surface area contributed by atoms with Crippen LogP contribution in [0.25, 0.3) is 0 Å². The fraction of sp³-hybridized carbons (Fsp3) is 0.467. The monoisotopic (exact) mass is 293 g/mol. The Morgan fingerprint density at radius 2 is 2.00 bits per heavy atom. The molecule has 0 aromatic heterocycles. The van der Waals surface area contributed by atoms with Crippen LogP contribution in [0, 0.1) is 5.41 Å². The number of methoxy groups -OCH3 is 1. The smallest absolute Gasteiger partial charge is 0.311 e. The number of rotatable bonds is 8. The third-order valence-corrected chi connectivity index (χ3v) is 3.57. The van der Waals surface area contributed by atoms with Gasteiger partial charge in [-0.25, -0.2) is 0 Å². The summed E-state index contributed by atoms with van der Waals surface area (Å²) in [5.41, 5.74) is -0.378. The van der Waals surface area contributed by atoms with Crippen LogP contribution in [0.15, 0.2) is 24.3 Å². The number of amides is 1. The van der Waals surface area contributed by atoms with Gasteiger partial charge in [-0.1, -0.05) is 12.1 Å². The van der Waals surface area contributed by atoms with E-state index in [-0.39, 0.29) is 12.5 Å². The maximum atomic E-state index is 12.2. The van der Waals surface area contributed by atoms with Crippen LogP contribution in [-0.2, 0) is 9.53 Å². The minimum absolute atomic E-state index is 0.146. The van der Waals surface area contributed by atoms with Gasteiger partial charge in [0.2, 0.25) is 0 Å². The molecule has 21 heavy (non-hydrogen) atoms. The fourth-order valence-corrected chi connectivity index (χ4v) is 1.98.